The molecular weight excluding hydrogens is 350 g/mol. The fourth-order valence-electron chi connectivity index (χ4n) is 3.75. The Morgan fingerprint density at radius 1 is 1.39 bits per heavy atom. The maximum atomic E-state index is 11.9. The number of nitrogens with zero attached hydrogens (tertiary/aromatic N) is 3. The van der Waals surface area contributed by atoms with Gasteiger partial charge in [0.2, 0.25) is 5.91 Å². The number of likely N-dealkylation sites (tertiary alicyclic amines) is 1. The highest BCUT2D eigenvalue weighted by Crippen LogP contribution is 2.20. The van der Waals surface area contributed by atoms with E-state index in [0.717, 1.165) is 36.4 Å². The maximum Gasteiger partial charge on any atom is 0.219 e. The van der Waals surface area contributed by atoms with Gasteiger partial charge in [0.05, 0.1) is 12.2 Å². The minimum Gasteiger partial charge on any atom is -0.388 e. The number of carbonyl (C=O) groups excluding carboxylic acids is 1. The molecule has 0 aromatic carbocycles. The summed E-state index contributed by atoms with van der Waals surface area (Å²) in [5.74, 6) is 1.11. The topological polar surface area (TPSA) is 74.0 Å². The molecule has 1 atom stereocenters. The van der Waals surface area contributed by atoms with E-state index in [0.29, 0.717) is 30.5 Å². The highest BCUT2D eigenvalue weighted by atomic mass is 16.2. The zero-order valence-corrected chi connectivity index (χ0v) is 17.6. The summed E-state index contributed by atoms with van der Waals surface area (Å²) in [4.78, 5) is 20.5. The van der Waals surface area contributed by atoms with E-state index in [-0.39, 0.29) is 5.91 Å². The van der Waals surface area contributed by atoms with Crippen LogP contribution in [0.3, 0.4) is 0 Å². The van der Waals surface area contributed by atoms with Crippen molar-refractivity contribution in [2.45, 2.75) is 33.1 Å². The van der Waals surface area contributed by atoms with E-state index in [1.165, 1.54) is 19.4 Å². The summed E-state index contributed by atoms with van der Waals surface area (Å²) in [6, 6.07) is 0. The van der Waals surface area contributed by atoms with Gasteiger partial charge >= 0.3 is 0 Å². The lowest BCUT2D eigenvalue weighted by molar-refractivity contribution is -0.128. The third-order valence-corrected chi connectivity index (χ3v) is 5.41. The van der Waals surface area contributed by atoms with Crippen molar-refractivity contribution in [2.24, 2.45) is 16.6 Å². The van der Waals surface area contributed by atoms with Gasteiger partial charge in [-0.3, -0.25) is 4.79 Å². The van der Waals surface area contributed by atoms with Crippen molar-refractivity contribution < 1.29 is 4.79 Å². The number of nitrogens with one attached hydrogen (secondary N) is 1. The van der Waals surface area contributed by atoms with E-state index >= 15 is 0 Å². The van der Waals surface area contributed by atoms with Crippen LogP contribution in [0.4, 0.5) is 0 Å². The van der Waals surface area contributed by atoms with Crippen LogP contribution in [-0.2, 0) is 4.79 Å². The number of amidine groups is 1. The second kappa shape index (κ2) is 10.3. The molecule has 0 radical (unpaired) electrons. The maximum absolute atomic E-state index is 11.9. The van der Waals surface area contributed by atoms with E-state index in [4.69, 9.17) is 5.73 Å². The van der Waals surface area contributed by atoms with Gasteiger partial charge in [0.15, 0.2) is 0 Å². The summed E-state index contributed by atoms with van der Waals surface area (Å²) in [6.07, 6.45) is 6.85. The molecule has 0 aliphatic carbocycles. The number of nitrogens with two attached hydrogens (primary N) is 1. The number of hydrogen-bond donors (Lipinski definition) is 2. The van der Waals surface area contributed by atoms with Gasteiger partial charge in [-0.1, -0.05) is 19.2 Å². The Kier molecular flexibility index (Phi) is 8.05. The van der Waals surface area contributed by atoms with Crippen LogP contribution in [0.2, 0.25) is 0 Å². The Bertz CT molecular complexity index is 704. The zero-order chi connectivity index (χ0) is 20.7. The molecule has 2 aliphatic heterocycles. The quantitative estimate of drug-likeness (QED) is 0.401. The molecule has 2 aliphatic rings. The van der Waals surface area contributed by atoms with E-state index in [2.05, 4.69) is 35.4 Å². The van der Waals surface area contributed by atoms with Crippen molar-refractivity contribution in [2.75, 3.05) is 39.8 Å². The first kappa shape index (κ1) is 22.0. The molecule has 1 amide bonds. The van der Waals surface area contributed by atoms with Gasteiger partial charge in [0, 0.05) is 44.2 Å². The first-order valence-corrected chi connectivity index (χ1v) is 10.0. The molecule has 6 heteroatoms. The summed E-state index contributed by atoms with van der Waals surface area (Å²) in [6.45, 7) is 15.6. The summed E-state index contributed by atoms with van der Waals surface area (Å²) < 4.78 is 0. The second-order valence-electron chi connectivity index (χ2n) is 7.88. The molecule has 154 valence electrons. The van der Waals surface area contributed by atoms with E-state index in [9.17, 15) is 4.79 Å². The molecule has 0 saturated carbocycles. The highest BCUT2D eigenvalue weighted by Gasteiger charge is 2.24. The Morgan fingerprint density at radius 3 is 2.79 bits per heavy atom. The van der Waals surface area contributed by atoms with Gasteiger partial charge in [-0.05, 0) is 50.9 Å². The first-order valence-electron chi connectivity index (χ1n) is 10.0. The number of allylic oxidation sites excluding steroid dienone is 3. The van der Waals surface area contributed by atoms with Crippen LogP contribution in [0.25, 0.3) is 0 Å². The van der Waals surface area contributed by atoms with Crippen LogP contribution in [0.15, 0.2) is 52.8 Å². The molecule has 0 bridgehead atoms. The van der Waals surface area contributed by atoms with Crippen molar-refractivity contribution in [3.8, 4) is 0 Å². The van der Waals surface area contributed by atoms with Crippen molar-refractivity contribution in [3.63, 3.8) is 0 Å². The van der Waals surface area contributed by atoms with Gasteiger partial charge in [-0.25, -0.2) is 4.99 Å². The van der Waals surface area contributed by atoms with Crippen LogP contribution in [-0.4, -0.2) is 61.3 Å². The molecule has 0 aromatic heterocycles. The SMILES string of the molecule is C=C/C(C)=C\C(=C)N=C(N)C1=C(NCC2CCCN(C)C2)CCN(C(C)=O)C1. The predicted octanol–water partition coefficient (Wildman–Crippen LogP) is 2.43. The molecule has 6 nitrogen and oxygen atoms in total. The van der Waals surface area contributed by atoms with E-state index in [1.54, 1.807) is 13.0 Å². The molecule has 2 rings (SSSR count). The summed E-state index contributed by atoms with van der Waals surface area (Å²) in [5, 5.41) is 3.62. The lowest BCUT2D eigenvalue weighted by Gasteiger charge is -2.33. The molecule has 0 aromatic rings. The lowest BCUT2D eigenvalue weighted by atomic mass is 9.97. The molecule has 1 fully saturated rings. The van der Waals surface area contributed by atoms with Crippen molar-refractivity contribution in [3.05, 3.63) is 47.9 Å². The highest BCUT2D eigenvalue weighted by molar-refractivity contribution is 5.99. The van der Waals surface area contributed by atoms with Gasteiger partial charge in [-0.2, -0.15) is 0 Å². The largest absolute Gasteiger partial charge is 0.388 e. The second-order valence-corrected chi connectivity index (χ2v) is 7.88. The predicted molar refractivity (Wildman–Crippen MR) is 117 cm³/mol. The van der Waals surface area contributed by atoms with Crippen molar-refractivity contribution in [1.29, 1.82) is 0 Å². The fraction of sp³-hybridized carbons (Fsp3) is 0.545. The number of amides is 1. The van der Waals surface area contributed by atoms with Crippen LogP contribution in [0.1, 0.15) is 33.1 Å². The zero-order valence-electron chi connectivity index (χ0n) is 17.6. The molecule has 3 N–H and O–H groups in total. The monoisotopic (exact) mass is 385 g/mol. The molecular formula is C22H35N5O. The number of aliphatic imine (C=N–C) groups is 1. The molecule has 1 saturated heterocycles. The normalized spacial score (nSPS) is 22.2. The number of rotatable bonds is 7. The minimum atomic E-state index is 0.0551. The molecule has 1 unspecified atom stereocenters. The lowest BCUT2D eigenvalue weighted by Crippen LogP contribution is -2.43. The standard InChI is InChI=1S/C22H35N5O/c1-6-16(2)12-17(3)25-22(23)20-15-27(18(4)28)11-9-21(20)24-13-19-8-7-10-26(5)14-19/h6,12,19,24H,1,3,7-11,13-15H2,2,4-5H3,(H2,23,25)/b16-12-. The summed E-state index contributed by atoms with van der Waals surface area (Å²) in [7, 11) is 2.18. The van der Waals surface area contributed by atoms with Crippen molar-refractivity contribution in [1.82, 2.24) is 15.1 Å². The van der Waals surface area contributed by atoms with Gasteiger partial charge in [0.25, 0.3) is 0 Å². The van der Waals surface area contributed by atoms with E-state index in [1.807, 2.05) is 17.9 Å². The van der Waals surface area contributed by atoms with Crippen LogP contribution in [0, 0.1) is 5.92 Å². The third-order valence-electron chi connectivity index (χ3n) is 5.41. The smallest absolute Gasteiger partial charge is 0.219 e. The number of piperidine rings is 1. The Balaban J connectivity index is 2.18. The average molecular weight is 386 g/mol. The Morgan fingerprint density at radius 2 is 2.14 bits per heavy atom. The van der Waals surface area contributed by atoms with Crippen molar-refractivity contribution >= 4 is 11.7 Å². The molecule has 2 heterocycles. The first-order chi connectivity index (χ1) is 13.3. The average Bonchev–Trinajstić information content (AvgIpc) is 2.65. The van der Waals surface area contributed by atoms with Crippen LogP contribution in [0.5, 0.6) is 0 Å². The third kappa shape index (κ3) is 6.37. The molecule has 0 spiro atoms. The number of carbonyl (C=O) groups is 1. The Labute approximate surface area is 169 Å². The summed E-state index contributed by atoms with van der Waals surface area (Å²) >= 11 is 0. The van der Waals surface area contributed by atoms with Crippen LogP contribution >= 0.6 is 0 Å². The Hall–Kier alpha value is -2.34. The van der Waals surface area contributed by atoms with E-state index < -0.39 is 0 Å². The van der Waals surface area contributed by atoms with Gasteiger partial charge in [0.1, 0.15) is 5.84 Å². The van der Waals surface area contributed by atoms with Gasteiger partial charge in [-0.15, -0.1) is 0 Å². The molecule has 28 heavy (non-hydrogen) atoms. The van der Waals surface area contributed by atoms with Gasteiger partial charge < -0.3 is 20.9 Å². The van der Waals surface area contributed by atoms with Crippen LogP contribution < -0.4 is 11.1 Å². The fourth-order valence-corrected chi connectivity index (χ4v) is 3.75. The number of hydrogen-bond acceptors (Lipinski definition) is 4. The summed E-state index contributed by atoms with van der Waals surface area (Å²) in [5.41, 5.74) is 9.90. The minimum absolute atomic E-state index is 0.0551.